The van der Waals surface area contributed by atoms with Gasteiger partial charge in [-0.1, -0.05) is 35.5 Å². The first-order valence-electron chi connectivity index (χ1n) is 9.37. The first kappa shape index (κ1) is 17.1. The molecule has 2 aliphatic rings. The van der Waals surface area contributed by atoms with Gasteiger partial charge in [0.2, 0.25) is 5.76 Å². The van der Waals surface area contributed by atoms with Gasteiger partial charge >= 0.3 is 0 Å². The van der Waals surface area contributed by atoms with E-state index < -0.39 is 0 Å². The normalized spacial score (nSPS) is 21.1. The molecule has 1 amide bonds. The molecule has 7 nitrogen and oxygen atoms in total. The lowest BCUT2D eigenvalue weighted by Gasteiger charge is -2.35. The number of rotatable bonds is 2. The van der Waals surface area contributed by atoms with Crippen LogP contribution in [0.15, 0.2) is 47.1 Å². The Labute approximate surface area is 162 Å². The van der Waals surface area contributed by atoms with Crippen molar-refractivity contribution in [2.45, 2.75) is 25.4 Å². The van der Waals surface area contributed by atoms with Crippen molar-refractivity contribution in [2.24, 2.45) is 0 Å². The average Bonchev–Trinajstić information content (AvgIpc) is 3.40. The molecular weight excluding hydrogens is 356 g/mol. The Hall–Kier alpha value is -3.06. The summed E-state index contributed by atoms with van der Waals surface area (Å²) in [7, 11) is 0. The van der Waals surface area contributed by atoms with Crippen LogP contribution in [0.1, 0.15) is 33.9 Å². The number of fused-ring (bicyclic) bond motifs is 2. The smallest absolute Gasteiger partial charge is 0.292 e. The molecule has 1 aromatic carbocycles. The van der Waals surface area contributed by atoms with Crippen molar-refractivity contribution in [1.29, 1.82) is 0 Å². The van der Waals surface area contributed by atoms with Gasteiger partial charge in [-0.15, -0.1) is 0 Å². The predicted octanol–water partition coefficient (Wildman–Crippen LogP) is 2.75. The van der Waals surface area contributed by atoms with Gasteiger partial charge in [0.1, 0.15) is 0 Å². The molecule has 0 radical (unpaired) electrons. The Kier molecular flexibility index (Phi) is 3.98. The van der Waals surface area contributed by atoms with E-state index in [0.29, 0.717) is 26.3 Å². The Morgan fingerprint density at radius 3 is 2.82 bits per heavy atom. The van der Waals surface area contributed by atoms with Gasteiger partial charge in [-0.25, -0.2) is 9.97 Å². The third-order valence-corrected chi connectivity index (χ3v) is 5.66. The maximum atomic E-state index is 12.7. The molecule has 7 heteroatoms. The molecular formula is C21H20N4O3. The topological polar surface area (TPSA) is 81.4 Å². The first-order chi connectivity index (χ1) is 13.7. The lowest BCUT2D eigenvalue weighted by Crippen LogP contribution is -2.42. The highest BCUT2D eigenvalue weighted by Crippen LogP contribution is 2.40. The monoisotopic (exact) mass is 376 g/mol. The van der Waals surface area contributed by atoms with Gasteiger partial charge in [0, 0.05) is 36.0 Å². The lowest BCUT2D eigenvalue weighted by atomic mass is 9.80. The summed E-state index contributed by atoms with van der Waals surface area (Å²) in [6, 6.07) is 11.6. The third kappa shape index (κ3) is 2.70. The highest BCUT2D eigenvalue weighted by Gasteiger charge is 2.47. The number of aromatic nitrogens is 3. The van der Waals surface area contributed by atoms with E-state index in [1.807, 2.05) is 37.3 Å². The molecule has 2 aromatic heterocycles. The van der Waals surface area contributed by atoms with Gasteiger partial charge < -0.3 is 14.2 Å². The van der Waals surface area contributed by atoms with Crippen molar-refractivity contribution in [3.05, 3.63) is 65.3 Å². The highest BCUT2D eigenvalue weighted by molar-refractivity contribution is 5.91. The summed E-state index contributed by atoms with van der Waals surface area (Å²) in [5.41, 5.74) is 3.66. The zero-order valence-corrected chi connectivity index (χ0v) is 15.6. The summed E-state index contributed by atoms with van der Waals surface area (Å²) < 4.78 is 11.0. The van der Waals surface area contributed by atoms with E-state index in [2.05, 4.69) is 5.16 Å². The number of nitrogens with zero attached hydrogens (tertiary/aromatic N) is 4. The fourth-order valence-corrected chi connectivity index (χ4v) is 4.18. The number of carbonyl (C=O) groups is 1. The van der Waals surface area contributed by atoms with Crippen LogP contribution >= 0.6 is 0 Å². The number of benzene rings is 1. The molecule has 1 fully saturated rings. The maximum absolute atomic E-state index is 12.7. The molecule has 1 atom stereocenters. The molecule has 0 aliphatic carbocycles. The van der Waals surface area contributed by atoms with Gasteiger partial charge in [0.05, 0.1) is 30.5 Å². The molecule has 0 saturated carbocycles. The fraction of sp³-hybridized carbons (Fsp3) is 0.333. The molecule has 28 heavy (non-hydrogen) atoms. The van der Waals surface area contributed by atoms with Crippen LogP contribution in [0.2, 0.25) is 0 Å². The number of amides is 1. The van der Waals surface area contributed by atoms with Crippen LogP contribution in [0.5, 0.6) is 0 Å². The largest absolute Gasteiger partial charge is 0.376 e. The molecule has 142 valence electrons. The van der Waals surface area contributed by atoms with Gasteiger partial charge in [-0.05, 0) is 13.3 Å². The Bertz CT molecular complexity index is 1020. The summed E-state index contributed by atoms with van der Waals surface area (Å²) in [6.07, 6.45) is 2.28. The second-order valence-electron chi connectivity index (χ2n) is 7.45. The zero-order chi connectivity index (χ0) is 19.1. The third-order valence-electron chi connectivity index (χ3n) is 5.66. The van der Waals surface area contributed by atoms with Crippen LogP contribution < -0.4 is 0 Å². The Morgan fingerprint density at radius 1 is 1.18 bits per heavy atom. The number of carbonyl (C=O) groups excluding carboxylic acids is 1. The van der Waals surface area contributed by atoms with E-state index in [1.165, 1.54) is 6.20 Å². The number of aryl methyl sites for hydroxylation is 1. The van der Waals surface area contributed by atoms with Gasteiger partial charge in [0.15, 0.2) is 5.82 Å². The Balaban J connectivity index is 1.54. The molecule has 5 rings (SSSR count). The summed E-state index contributed by atoms with van der Waals surface area (Å²) in [6.45, 7) is 4.23. The molecule has 0 unspecified atom stereocenters. The van der Waals surface area contributed by atoms with Crippen molar-refractivity contribution < 1.29 is 14.1 Å². The molecule has 2 aliphatic heterocycles. The summed E-state index contributed by atoms with van der Waals surface area (Å²) in [5, 5.41) is 3.64. The molecule has 4 heterocycles. The van der Waals surface area contributed by atoms with Crippen molar-refractivity contribution >= 4 is 5.91 Å². The van der Waals surface area contributed by atoms with E-state index in [4.69, 9.17) is 19.2 Å². The van der Waals surface area contributed by atoms with Crippen LogP contribution in [0, 0.1) is 6.92 Å². The molecule has 0 bridgehead atoms. The van der Waals surface area contributed by atoms with Crippen LogP contribution in [0.4, 0.5) is 0 Å². The maximum Gasteiger partial charge on any atom is 0.292 e. The van der Waals surface area contributed by atoms with Crippen molar-refractivity contribution in [1.82, 2.24) is 20.0 Å². The van der Waals surface area contributed by atoms with Crippen LogP contribution in [-0.2, 0) is 16.8 Å². The molecule has 1 saturated heterocycles. The standard InChI is InChI=1S/C21H20N4O3/c1-14-16-11-27-13-21(8-10-25(12-21)20(26)17-7-9-22-28-17)18(16)24-19(23-14)15-5-3-2-4-6-15/h2-7,9H,8,10-13H2,1H3/t21-/m1/s1. The van der Waals surface area contributed by atoms with Crippen molar-refractivity contribution in [3.63, 3.8) is 0 Å². The SMILES string of the molecule is Cc1nc(-c2ccccc2)nc2c1COC[C@]21CCN(C(=O)c2ccno2)C1. The van der Waals surface area contributed by atoms with E-state index in [1.54, 1.807) is 11.0 Å². The second-order valence-corrected chi connectivity index (χ2v) is 7.45. The second kappa shape index (κ2) is 6.53. The quantitative estimate of drug-likeness (QED) is 0.684. The summed E-state index contributed by atoms with van der Waals surface area (Å²) in [4.78, 5) is 24.2. The van der Waals surface area contributed by atoms with Gasteiger partial charge in [-0.2, -0.15) is 0 Å². The predicted molar refractivity (Wildman–Crippen MR) is 101 cm³/mol. The minimum absolute atomic E-state index is 0.143. The number of hydrogen-bond acceptors (Lipinski definition) is 6. The van der Waals surface area contributed by atoms with E-state index in [-0.39, 0.29) is 17.1 Å². The Morgan fingerprint density at radius 2 is 2.04 bits per heavy atom. The summed E-state index contributed by atoms with van der Waals surface area (Å²) in [5.74, 6) is 0.839. The van der Waals surface area contributed by atoms with Gasteiger partial charge in [-0.3, -0.25) is 4.79 Å². The van der Waals surface area contributed by atoms with Crippen molar-refractivity contribution in [2.75, 3.05) is 19.7 Å². The highest BCUT2D eigenvalue weighted by atomic mass is 16.5. The van der Waals surface area contributed by atoms with Gasteiger partial charge in [0.25, 0.3) is 5.91 Å². The minimum atomic E-state index is -0.319. The van der Waals surface area contributed by atoms with E-state index >= 15 is 0 Å². The zero-order valence-electron chi connectivity index (χ0n) is 15.6. The van der Waals surface area contributed by atoms with E-state index in [9.17, 15) is 4.79 Å². The van der Waals surface area contributed by atoms with E-state index in [0.717, 1.165) is 34.8 Å². The lowest BCUT2D eigenvalue weighted by molar-refractivity contribution is 0.0473. The van der Waals surface area contributed by atoms with Crippen molar-refractivity contribution in [3.8, 4) is 11.4 Å². The summed E-state index contributed by atoms with van der Waals surface area (Å²) >= 11 is 0. The number of hydrogen-bond donors (Lipinski definition) is 0. The average molecular weight is 376 g/mol. The fourth-order valence-electron chi connectivity index (χ4n) is 4.18. The molecule has 3 aromatic rings. The van der Waals surface area contributed by atoms with Crippen LogP contribution in [-0.4, -0.2) is 45.6 Å². The molecule has 1 spiro atoms. The minimum Gasteiger partial charge on any atom is -0.376 e. The number of likely N-dealkylation sites (tertiary alicyclic amines) is 1. The first-order valence-corrected chi connectivity index (χ1v) is 9.37. The van der Waals surface area contributed by atoms with Crippen LogP contribution in [0.3, 0.4) is 0 Å². The molecule has 0 N–H and O–H groups in total. The number of ether oxygens (including phenoxy) is 1. The van der Waals surface area contributed by atoms with Crippen LogP contribution in [0.25, 0.3) is 11.4 Å².